The zero-order valence-corrected chi connectivity index (χ0v) is 12.2. The Morgan fingerprint density at radius 3 is 2.77 bits per heavy atom. The van der Waals surface area contributed by atoms with Gasteiger partial charge < -0.3 is 9.73 Å². The van der Waals surface area contributed by atoms with Crippen LogP contribution in [0, 0.1) is 0 Å². The van der Waals surface area contributed by atoms with Crippen molar-refractivity contribution in [3.05, 3.63) is 66.1 Å². The van der Waals surface area contributed by atoms with E-state index in [4.69, 9.17) is 4.42 Å². The van der Waals surface area contributed by atoms with Crippen LogP contribution >= 0.6 is 0 Å². The van der Waals surface area contributed by atoms with Gasteiger partial charge in [-0.15, -0.1) is 0 Å². The Kier molecular flexibility index (Phi) is 4.01. The van der Waals surface area contributed by atoms with Crippen molar-refractivity contribution >= 4 is 28.8 Å². The van der Waals surface area contributed by atoms with E-state index in [1.165, 1.54) is 6.08 Å². The first kappa shape index (κ1) is 14.1. The summed E-state index contributed by atoms with van der Waals surface area (Å²) < 4.78 is 5.54. The Balaban J connectivity index is 1.73. The number of nitrogens with one attached hydrogen (secondary N) is 1. The Labute approximate surface area is 128 Å². The van der Waals surface area contributed by atoms with E-state index in [0.29, 0.717) is 11.5 Å². The molecule has 1 aromatic heterocycles. The van der Waals surface area contributed by atoms with Gasteiger partial charge in [-0.25, -0.2) is 4.98 Å². The van der Waals surface area contributed by atoms with E-state index in [1.54, 1.807) is 6.08 Å². The van der Waals surface area contributed by atoms with E-state index >= 15 is 0 Å². The second-order valence-electron chi connectivity index (χ2n) is 4.85. The molecule has 0 fully saturated rings. The highest BCUT2D eigenvalue weighted by Gasteiger charge is 2.04. The molecule has 0 aliphatic rings. The lowest BCUT2D eigenvalue weighted by molar-refractivity contribution is -0.111. The second kappa shape index (κ2) is 6.26. The number of para-hydroxylation sites is 3. The summed E-state index contributed by atoms with van der Waals surface area (Å²) in [6.07, 6.45) is 3.87. The summed E-state index contributed by atoms with van der Waals surface area (Å²) in [6.45, 7) is 2.05. The molecule has 0 saturated carbocycles. The molecule has 3 rings (SSSR count). The molecule has 1 heterocycles. The summed E-state index contributed by atoms with van der Waals surface area (Å²) in [6, 6.07) is 15.2. The number of nitrogens with zero attached hydrogens (tertiary/aromatic N) is 1. The summed E-state index contributed by atoms with van der Waals surface area (Å²) in [5.41, 5.74) is 3.42. The van der Waals surface area contributed by atoms with Crippen molar-refractivity contribution in [3.8, 4) is 0 Å². The zero-order chi connectivity index (χ0) is 15.4. The number of amides is 1. The maximum atomic E-state index is 12.0. The van der Waals surface area contributed by atoms with Gasteiger partial charge in [-0.1, -0.05) is 37.3 Å². The molecule has 0 atom stereocenters. The molecule has 0 spiro atoms. The van der Waals surface area contributed by atoms with Crippen LogP contribution in [0.1, 0.15) is 18.4 Å². The van der Waals surface area contributed by atoms with Gasteiger partial charge >= 0.3 is 0 Å². The Morgan fingerprint density at radius 1 is 1.18 bits per heavy atom. The summed E-state index contributed by atoms with van der Waals surface area (Å²) in [7, 11) is 0. The predicted molar refractivity (Wildman–Crippen MR) is 87.5 cm³/mol. The first-order valence-corrected chi connectivity index (χ1v) is 7.19. The minimum atomic E-state index is -0.205. The number of carbonyl (C=O) groups excluding carboxylic acids is 1. The number of hydrogen-bond donors (Lipinski definition) is 1. The second-order valence-corrected chi connectivity index (χ2v) is 4.85. The molecule has 0 bridgehead atoms. The van der Waals surface area contributed by atoms with Gasteiger partial charge in [0.1, 0.15) is 5.52 Å². The zero-order valence-electron chi connectivity index (χ0n) is 12.2. The summed E-state index contributed by atoms with van der Waals surface area (Å²) in [5, 5.41) is 2.87. The van der Waals surface area contributed by atoms with E-state index in [2.05, 4.69) is 17.2 Å². The van der Waals surface area contributed by atoms with Gasteiger partial charge in [0.2, 0.25) is 11.8 Å². The highest BCUT2D eigenvalue weighted by atomic mass is 16.3. The van der Waals surface area contributed by atoms with E-state index < -0.39 is 0 Å². The molecule has 3 aromatic rings. The lowest BCUT2D eigenvalue weighted by atomic mass is 10.1. The van der Waals surface area contributed by atoms with Crippen LogP contribution < -0.4 is 5.32 Å². The lowest BCUT2D eigenvalue weighted by Crippen LogP contribution is -2.09. The maximum absolute atomic E-state index is 12.0. The summed E-state index contributed by atoms with van der Waals surface area (Å²) in [4.78, 5) is 16.3. The summed E-state index contributed by atoms with van der Waals surface area (Å²) >= 11 is 0. The molecule has 4 heteroatoms. The fourth-order valence-electron chi connectivity index (χ4n) is 2.23. The highest BCUT2D eigenvalue weighted by Crippen LogP contribution is 2.17. The third kappa shape index (κ3) is 3.06. The monoisotopic (exact) mass is 292 g/mol. The molecule has 0 aliphatic carbocycles. The maximum Gasteiger partial charge on any atom is 0.248 e. The van der Waals surface area contributed by atoms with Crippen molar-refractivity contribution in [1.82, 2.24) is 4.98 Å². The number of hydrogen-bond acceptors (Lipinski definition) is 3. The van der Waals surface area contributed by atoms with Crippen molar-refractivity contribution in [1.29, 1.82) is 0 Å². The first-order chi connectivity index (χ1) is 10.8. The molecule has 0 radical (unpaired) electrons. The van der Waals surface area contributed by atoms with Crippen LogP contribution in [0.5, 0.6) is 0 Å². The van der Waals surface area contributed by atoms with Crippen LogP contribution in [0.25, 0.3) is 17.2 Å². The Morgan fingerprint density at radius 2 is 1.95 bits per heavy atom. The number of aromatic nitrogens is 1. The van der Waals surface area contributed by atoms with E-state index in [0.717, 1.165) is 23.2 Å². The van der Waals surface area contributed by atoms with Gasteiger partial charge in [-0.3, -0.25) is 4.79 Å². The first-order valence-electron chi connectivity index (χ1n) is 7.19. The lowest BCUT2D eigenvalue weighted by Gasteiger charge is -2.07. The van der Waals surface area contributed by atoms with Crippen LogP contribution in [0.2, 0.25) is 0 Å². The molecular weight excluding hydrogens is 276 g/mol. The Bertz CT molecular complexity index is 801. The van der Waals surface area contributed by atoms with Crippen molar-refractivity contribution in [2.75, 3.05) is 5.32 Å². The molecule has 4 nitrogen and oxygen atoms in total. The van der Waals surface area contributed by atoms with Gasteiger partial charge in [-0.05, 0) is 30.2 Å². The third-order valence-corrected chi connectivity index (χ3v) is 3.34. The molecule has 1 amide bonds. The van der Waals surface area contributed by atoms with Crippen LogP contribution in [0.15, 0.2) is 59.0 Å². The summed E-state index contributed by atoms with van der Waals surface area (Å²) in [5.74, 6) is 0.211. The minimum absolute atomic E-state index is 0.205. The van der Waals surface area contributed by atoms with Gasteiger partial charge in [0, 0.05) is 17.8 Å². The smallest absolute Gasteiger partial charge is 0.248 e. The number of carbonyl (C=O) groups is 1. The largest absolute Gasteiger partial charge is 0.437 e. The normalized spacial score (nSPS) is 11.1. The Hall–Kier alpha value is -2.88. The quantitative estimate of drug-likeness (QED) is 0.738. The van der Waals surface area contributed by atoms with Gasteiger partial charge in [0.15, 0.2) is 5.58 Å². The molecule has 22 heavy (non-hydrogen) atoms. The molecule has 1 N–H and O–H groups in total. The number of anilines is 1. The average molecular weight is 292 g/mol. The number of oxazole rings is 1. The SMILES string of the molecule is CCc1ccccc1NC(=O)/C=C/c1nc2ccccc2o1. The number of fused-ring (bicyclic) bond motifs is 1. The van der Waals surface area contributed by atoms with E-state index in [1.807, 2.05) is 48.5 Å². The van der Waals surface area contributed by atoms with Crippen molar-refractivity contribution < 1.29 is 9.21 Å². The average Bonchev–Trinajstić information content (AvgIpc) is 2.96. The van der Waals surface area contributed by atoms with Gasteiger partial charge in [0.05, 0.1) is 0 Å². The van der Waals surface area contributed by atoms with Gasteiger partial charge in [0.25, 0.3) is 0 Å². The molecule has 2 aromatic carbocycles. The minimum Gasteiger partial charge on any atom is -0.437 e. The standard InChI is InChI=1S/C18H16N2O2/c1-2-13-7-3-4-8-14(13)19-17(21)11-12-18-20-15-9-5-6-10-16(15)22-18/h3-12H,2H2,1H3,(H,19,21)/b12-11+. The topological polar surface area (TPSA) is 55.1 Å². The van der Waals surface area contributed by atoms with Crippen molar-refractivity contribution in [2.24, 2.45) is 0 Å². The van der Waals surface area contributed by atoms with E-state index in [-0.39, 0.29) is 5.91 Å². The van der Waals surface area contributed by atoms with Crippen LogP contribution in [-0.2, 0) is 11.2 Å². The van der Waals surface area contributed by atoms with E-state index in [9.17, 15) is 4.79 Å². The van der Waals surface area contributed by atoms with Crippen LogP contribution in [0.4, 0.5) is 5.69 Å². The molecule has 110 valence electrons. The molecule has 0 saturated heterocycles. The molecular formula is C18H16N2O2. The number of aryl methyl sites for hydroxylation is 1. The molecule has 0 aliphatic heterocycles. The van der Waals surface area contributed by atoms with Crippen LogP contribution in [-0.4, -0.2) is 10.9 Å². The predicted octanol–water partition coefficient (Wildman–Crippen LogP) is 4.04. The fourth-order valence-corrected chi connectivity index (χ4v) is 2.23. The third-order valence-electron chi connectivity index (χ3n) is 3.34. The van der Waals surface area contributed by atoms with Crippen LogP contribution in [0.3, 0.4) is 0 Å². The van der Waals surface area contributed by atoms with Crippen molar-refractivity contribution in [2.45, 2.75) is 13.3 Å². The number of benzene rings is 2. The molecule has 0 unspecified atom stereocenters. The van der Waals surface area contributed by atoms with Crippen molar-refractivity contribution in [3.63, 3.8) is 0 Å². The van der Waals surface area contributed by atoms with Gasteiger partial charge in [-0.2, -0.15) is 0 Å². The highest BCUT2D eigenvalue weighted by molar-refractivity contribution is 6.02. The number of rotatable bonds is 4. The fraction of sp³-hybridized carbons (Fsp3) is 0.111.